The normalized spacial score (nSPS) is 17.9. The molecule has 0 saturated carbocycles. The second-order valence-corrected chi connectivity index (χ2v) is 17.1. The number of carbonyl (C=O) groups is 2. The predicted molar refractivity (Wildman–Crippen MR) is 239 cm³/mol. The number of epoxide rings is 1. The average Bonchev–Trinajstić information content (AvgIpc) is 3.94. The van der Waals surface area contributed by atoms with E-state index in [4.69, 9.17) is 23.3 Å². The van der Waals surface area contributed by atoms with Crippen molar-refractivity contribution >= 4 is 19.8 Å². The highest BCUT2D eigenvalue weighted by molar-refractivity contribution is 7.45. The lowest BCUT2D eigenvalue weighted by molar-refractivity contribution is -0.870. The Labute approximate surface area is 358 Å². The Hall–Kier alpha value is -3.11. The topological polar surface area (TPSA) is 124 Å². The van der Waals surface area contributed by atoms with E-state index in [2.05, 4.69) is 105 Å². The molecule has 1 rings (SSSR count). The van der Waals surface area contributed by atoms with E-state index in [1.165, 1.54) is 19.3 Å². The molecule has 1 heterocycles. The number of carbonyl (C=O) groups excluding carboxylic acids is 2. The summed E-state index contributed by atoms with van der Waals surface area (Å²) in [6.45, 7) is 3.90. The molecule has 334 valence electrons. The number of unbranched alkanes of at least 4 members (excludes halogenated alkanes) is 4. The highest BCUT2D eigenvalue weighted by atomic mass is 31.2. The van der Waals surface area contributed by atoms with Crippen molar-refractivity contribution in [1.82, 2.24) is 0 Å². The van der Waals surface area contributed by atoms with Gasteiger partial charge in [0.25, 0.3) is 7.82 Å². The van der Waals surface area contributed by atoms with Gasteiger partial charge in [0.1, 0.15) is 19.8 Å². The molecule has 3 unspecified atom stereocenters. The van der Waals surface area contributed by atoms with Crippen LogP contribution in [0.25, 0.3) is 0 Å². The first-order chi connectivity index (χ1) is 28.5. The third kappa shape index (κ3) is 36.5. The Morgan fingerprint density at radius 2 is 1.17 bits per heavy atom. The molecule has 11 heteroatoms. The minimum Gasteiger partial charge on any atom is -0.756 e. The molecule has 0 aromatic rings. The summed E-state index contributed by atoms with van der Waals surface area (Å²) in [7, 11) is 1.07. The van der Waals surface area contributed by atoms with Gasteiger partial charge in [-0.1, -0.05) is 124 Å². The van der Waals surface area contributed by atoms with E-state index < -0.39 is 32.5 Å². The zero-order valence-electron chi connectivity index (χ0n) is 37.1. The highest BCUT2D eigenvalue weighted by Crippen LogP contribution is 2.38. The van der Waals surface area contributed by atoms with Gasteiger partial charge in [0, 0.05) is 12.8 Å². The van der Waals surface area contributed by atoms with Crippen LogP contribution < -0.4 is 4.89 Å². The Morgan fingerprint density at radius 1 is 0.644 bits per heavy atom. The lowest BCUT2D eigenvalue weighted by atomic mass is 10.1. The molecule has 0 spiro atoms. The molecule has 0 radical (unpaired) electrons. The number of hydrogen-bond acceptors (Lipinski definition) is 9. The molecule has 1 saturated heterocycles. The summed E-state index contributed by atoms with van der Waals surface area (Å²) in [5, 5.41) is 0. The van der Waals surface area contributed by atoms with Crippen molar-refractivity contribution in [3.63, 3.8) is 0 Å². The van der Waals surface area contributed by atoms with Gasteiger partial charge in [0.15, 0.2) is 6.10 Å². The monoisotopic (exact) mass is 844 g/mol. The van der Waals surface area contributed by atoms with E-state index in [9.17, 15) is 19.0 Å². The van der Waals surface area contributed by atoms with Gasteiger partial charge in [0.05, 0.1) is 40.0 Å². The number of hydrogen-bond donors (Lipinski definition) is 0. The van der Waals surface area contributed by atoms with Gasteiger partial charge >= 0.3 is 11.9 Å². The fourth-order valence-corrected chi connectivity index (χ4v) is 6.21. The zero-order valence-corrected chi connectivity index (χ0v) is 38.0. The number of phosphoric ester groups is 1. The van der Waals surface area contributed by atoms with Crippen LogP contribution in [-0.4, -0.2) is 82.2 Å². The molecule has 0 aromatic heterocycles. The summed E-state index contributed by atoms with van der Waals surface area (Å²) < 4.78 is 39.6. The van der Waals surface area contributed by atoms with Crippen molar-refractivity contribution in [1.29, 1.82) is 0 Å². The third-order valence-corrected chi connectivity index (χ3v) is 9.98. The van der Waals surface area contributed by atoms with Gasteiger partial charge in [-0.05, 0) is 89.9 Å². The molecule has 59 heavy (non-hydrogen) atoms. The second-order valence-electron chi connectivity index (χ2n) is 15.7. The Balaban J connectivity index is 2.40. The number of rotatable bonds is 37. The van der Waals surface area contributed by atoms with Gasteiger partial charge in [-0.15, -0.1) is 0 Å². The van der Waals surface area contributed by atoms with Crippen LogP contribution in [0.4, 0.5) is 0 Å². The van der Waals surface area contributed by atoms with Crippen LogP contribution in [0, 0.1) is 0 Å². The van der Waals surface area contributed by atoms with Crippen LogP contribution in [0.5, 0.6) is 0 Å². The van der Waals surface area contributed by atoms with Crippen LogP contribution in [0.3, 0.4) is 0 Å². The first kappa shape index (κ1) is 53.9. The lowest BCUT2D eigenvalue weighted by Crippen LogP contribution is -2.37. The van der Waals surface area contributed by atoms with E-state index >= 15 is 0 Å². The number of nitrogens with zero attached hydrogens (tertiary/aromatic N) is 1. The van der Waals surface area contributed by atoms with Crippen molar-refractivity contribution in [2.45, 2.75) is 148 Å². The summed E-state index contributed by atoms with van der Waals surface area (Å²) in [6.07, 6.45) is 48.9. The van der Waals surface area contributed by atoms with Gasteiger partial charge < -0.3 is 32.6 Å². The summed E-state index contributed by atoms with van der Waals surface area (Å²) in [6, 6.07) is 0. The SMILES string of the molecule is CC/C=C\C/C=C\C/C=C\C/C=C\C/C=C\CCCC(=O)OC[C@H](COP(=O)([O-])OCC[N+](C)(C)C)OC(=O)CCCC1OC1C/C=C\C/C=C\C/C=C\CCCCC. The smallest absolute Gasteiger partial charge is 0.306 e. The fraction of sp³-hybridized carbons (Fsp3) is 0.625. The Bertz CT molecular complexity index is 1390. The molecule has 0 aromatic carbocycles. The van der Waals surface area contributed by atoms with E-state index in [-0.39, 0.29) is 38.3 Å². The minimum atomic E-state index is -4.67. The molecular weight excluding hydrogens is 765 g/mol. The van der Waals surface area contributed by atoms with Crippen molar-refractivity contribution in [3.05, 3.63) is 97.2 Å². The molecule has 0 amide bonds. The van der Waals surface area contributed by atoms with Gasteiger partial charge in [0.2, 0.25) is 0 Å². The summed E-state index contributed by atoms with van der Waals surface area (Å²) in [5.74, 6) is -0.991. The maximum atomic E-state index is 12.8. The number of quaternary nitrogens is 1. The van der Waals surface area contributed by atoms with E-state index in [1.54, 1.807) is 0 Å². The molecule has 10 nitrogen and oxygen atoms in total. The van der Waals surface area contributed by atoms with E-state index in [1.807, 2.05) is 27.2 Å². The first-order valence-corrected chi connectivity index (χ1v) is 23.5. The maximum absolute atomic E-state index is 12.8. The molecule has 1 fully saturated rings. The van der Waals surface area contributed by atoms with Crippen LogP contribution in [0.1, 0.15) is 129 Å². The first-order valence-electron chi connectivity index (χ1n) is 22.1. The van der Waals surface area contributed by atoms with Gasteiger partial charge in [-0.3, -0.25) is 14.2 Å². The Morgan fingerprint density at radius 3 is 1.73 bits per heavy atom. The molecule has 1 aliphatic rings. The quantitative estimate of drug-likeness (QED) is 0.0150. The third-order valence-electron chi connectivity index (χ3n) is 9.01. The zero-order chi connectivity index (χ0) is 43.3. The van der Waals surface area contributed by atoms with Crippen molar-refractivity contribution in [2.75, 3.05) is 47.5 Å². The lowest BCUT2D eigenvalue weighted by Gasteiger charge is -2.28. The number of esters is 2. The van der Waals surface area contributed by atoms with Crippen LogP contribution in [-0.2, 0) is 37.4 Å². The van der Waals surface area contributed by atoms with E-state index in [0.717, 1.165) is 57.8 Å². The van der Waals surface area contributed by atoms with Crippen molar-refractivity contribution < 1.29 is 46.8 Å². The molecule has 1 aliphatic heterocycles. The average molecular weight is 844 g/mol. The van der Waals surface area contributed by atoms with Gasteiger partial charge in [-0.25, -0.2) is 0 Å². The largest absolute Gasteiger partial charge is 0.756 e. The van der Waals surface area contributed by atoms with Crippen molar-refractivity contribution in [3.8, 4) is 0 Å². The number of ether oxygens (including phenoxy) is 3. The highest BCUT2D eigenvalue weighted by Gasteiger charge is 2.36. The minimum absolute atomic E-state index is 0.0597. The van der Waals surface area contributed by atoms with Crippen LogP contribution in [0.2, 0.25) is 0 Å². The summed E-state index contributed by atoms with van der Waals surface area (Å²) in [4.78, 5) is 37.6. The molecule has 0 N–H and O–H groups in total. The standard InChI is InChI=1S/C48H78NO9P/c1-6-8-10-12-14-16-18-20-21-22-23-24-26-28-30-32-34-38-47(50)54-42-44(43-56-59(52,53)55-41-40-49(3,4)5)57-48(51)39-35-37-46-45(58-46)36-33-31-29-27-25-19-17-15-13-11-9-7-2/h8,10,14-17,20-21,23-25,27-28,30-31,33,44-46H,6-7,9,11-13,18-19,22,26,29,32,34-43H2,1-5H3/b10-8-,16-14-,17-15-,21-20-,24-23-,27-25-,30-28-,33-31-/t44-,45?,46?/m1/s1. The Kier molecular flexibility index (Phi) is 32.6. The summed E-state index contributed by atoms with van der Waals surface area (Å²) >= 11 is 0. The molecule has 0 bridgehead atoms. The molecule has 0 aliphatic carbocycles. The maximum Gasteiger partial charge on any atom is 0.306 e. The van der Waals surface area contributed by atoms with Crippen LogP contribution in [0.15, 0.2) is 97.2 Å². The van der Waals surface area contributed by atoms with Crippen LogP contribution >= 0.6 is 7.82 Å². The predicted octanol–water partition coefficient (Wildman–Crippen LogP) is 10.9. The fourth-order valence-electron chi connectivity index (χ4n) is 5.48. The second kappa shape index (κ2) is 35.6. The number of likely N-dealkylation sites (N-methyl/N-ethyl adjacent to an activating group) is 1. The number of allylic oxidation sites excluding steroid dienone is 15. The number of phosphoric acid groups is 1. The molecule has 4 atom stereocenters. The van der Waals surface area contributed by atoms with Crippen molar-refractivity contribution in [2.24, 2.45) is 0 Å². The summed E-state index contributed by atoms with van der Waals surface area (Å²) in [5.41, 5.74) is 0. The molecular formula is C48H78NO9P. The van der Waals surface area contributed by atoms with Gasteiger partial charge in [-0.2, -0.15) is 0 Å². The van der Waals surface area contributed by atoms with E-state index in [0.29, 0.717) is 36.7 Å².